The van der Waals surface area contributed by atoms with Crippen LogP contribution >= 0.6 is 11.8 Å². The van der Waals surface area contributed by atoms with Gasteiger partial charge in [-0.25, -0.2) is 0 Å². The average molecular weight is 182 g/mol. The van der Waals surface area contributed by atoms with E-state index in [1.165, 1.54) is 32.1 Å². The van der Waals surface area contributed by atoms with Crippen LogP contribution in [0.2, 0.25) is 0 Å². The predicted octanol–water partition coefficient (Wildman–Crippen LogP) is 4.00. The van der Waals surface area contributed by atoms with Crippen molar-refractivity contribution in [3.8, 4) is 0 Å². The largest absolute Gasteiger partial charge is 0.134 e. The van der Waals surface area contributed by atoms with Crippen molar-refractivity contribution < 1.29 is 0 Å². The van der Waals surface area contributed by atoms with Crippen molar-refractivity contribution in [2.45, 2.75) is 32.1 Å². The number of rotatable bonds is 2. The molecule has 0 aromatic rings. The Kier molecular flexibility index (Phi) is 4.52. The van der Waals surface area contributed by atoms with Gasteiger partial charge in [0.1, 0.15) is 0 Å². The third-order valence-electron chi connectivity index (χ3n) is 2.50. The highest BCUT2D eigenvalue weighted by molar-refractivity contribution is 8.02. The monoisotopic (exact) mass is 182 g/mol. The van der Waals surface area contributed by atoms with Crippen molar-refractivity contribution in [3.05, 3.63) is 23.6 Å². The van der Waals surface area contributed by atoms with Crippen LogP contribution in [0.25, 0.3) is 0 Å². The van der Waals surface area contributed by atoms with Crippen molar-refractivity contribution in [1.82, 2.24) is 0 Å². The Morgan fingerprint density at radius 1 is 1.58 bits per heavy atom. The molecule has 1 atom stereocenters. The van der Waals surface area contributed by atoms with Crippen molar-refractivity contribution in [2.24, 2.45) is 5.92 Å². The van der Waals surface area contributed by atoms with E-state index in [1.807, 2.05) is 11.8 Å². The van der Waals surface area contributed by atoms with Crippen LogP contribution in [-0.2, 0) is 0 Å². The molecular weight excluding hydrogens is 164 g/mol. The maximum absolute atomic E-state index is 3.87. The van der Waals surface area contributed by atoms with Gasteiger partial charge in [-0.15, -0.1) is 18.3 Å². The van der Waals surface area contributed by atoms with E-state index in [0.29, 0.717) is 0 Å². The zero-order valence-corrected chi connectivity index (χ0v) is 8.70. The molecule has 1 aliphatic rings. The smallest absolute Gasteiger partial charge is 0.0140 e. The summed E-state index contributed by atoms with van der Waals surface area (Å²) in [5.41, 5.74) is 0. The van der Waals surface area contributed by atoms with Crippen LogP contribution in [0, 0.1) is 5.92 Å². The molecule has 68 valence electrons. The Balaban J connectivity index is 2.44. The number of allylic oxidation sites excluding steroid dienone is 3. The fourth-order valence-corrected chi connectivity index (χ4v) is 2.30. The topological polar surface area (TPSA) is 0 Å². The molecule has 0 nitrogen and oxygen atoms in total. The zero-order chi connectivity index (χ0) is 8.81. The maximum Gasteiger partial charge on any atom is -0.0140 e. The highest BCUT2D eigenvalue weighted by Gasteiger charge is 2.07. The molecule has 0 fully saturated rings. The lowest BCUT2D eigenvalue weighted by molar-refractivity contribution is 0.520. The average Bonchev–Trinajstić information content (AvgIpc) is 2.05. The van der Waals surface area contributed by atoms with Gasteiger partial charge in [-0.05, 0) is 49.2 Å². The molecule has 1 aliphatic carbocycles. The van der Waals surface area contributed by atoms with Crippen LogP contribution in [0.4, 0.5) is 0 Å². The van der Waals surface area contributed by atoms with E-state index in [0.717, 1.165) is 5.92 Å². The summed E-state index contributed by atoms with van der Waals surface area (Å²) in [5.74, 6) is 0.768. The maximum atomic E-state index is 3.87. The minimum atomic E-state index is 0.768. The Hall–Kier alpha value is -0.170. The quantitative estimate of drug-likeness (QED) is 0.582. The van der Waals surface area contributed by atoms with Gasteiger partial charge in [0, 0.05) is 0 Å². The Bertz CT molecular complexity index is 170. The van der Waals surface area contributed by atoms with E-state index in [9.17, 15) is 0 Å². The molecule has 0 saturated heterocycles. The summed E-state index contributed by atoms with van der Waals surface area (Å²) in [5, 5.41) is 0. The van der Waals surface area contributed by atoms with Crippen molar-refractivity contribution in [2.75, 3.05) is 6.26 Å². The molecule has 1 heteroatoms. The molecule has 1 unspecified atom stereocenters. The van der Waals surface area contributed by atoms with E-state index in [1.54, 1.807) is 4.91 Å². The highest BCUT2D eigenvalue weighted by atomic mass is 32.2. The van der Waals surface area contributed by atoms with Gasteiger partial charge in [-0.2, -0.15) is 0 Å². The summed E-state index contributed by atoms with van der Waals surface area (Å²) in [7, 11) is 0. The Morgan fingerprint density at radius 3 is 3.08 bits per heavy atom. The van der Waals surface area contributed by atoms with Gasteiger partial charge in [0.15, 0.2) is 0 Å². The van der Waals surface area contributed by atoms with E-state index in [4.69, 9.17) is 0 Å². The SMILES string of the molecule is C=CC1CC/C=C(/SC)CCC1. The molecule has 0 heterocycles. The predicted molar refractivity (Wildman–Crippen MR) is 58.4 cm³/mol. The molecule has 12 heavy (non-hydrogen) atoms. The summed E-state index contributed by atoms with van der Waals surface area (Å²) in [6, 6.07) is 0. The summed E-state index contributed by atoms with van der Waals surface area (Å²) < 4.78 is 0. The van der Waals surface area contributed by atoms with Gasteiger partial charge in [-0.1, -0.05) is 12.2 Å². The summed E-state index contributed by atoms with van der Waals surface area (Å²) in [6.07, 6.45) is 13.2. The molecule has 0 spiro atoms. The van der Waals surface area contributed by atoms with Gasteiger partial charge in [0.2, 0.25) is 0 Å². The first-order chi connectivity index (χ1) is 5.86. The third-order valence-corrected chi connectivity index (χ3v) is 3.40. The molecule has 0 bridgehead atoms. The molecule has 0 aromatic carbocycles. The molecule has 0 aliphatic heterocycles. The van der Waals surface area contributed by atoms with Gasteiger partial charge >= 0.3 is 0 Å². The molecular formula is C11H18S. The van der Waals surface area contributed by atoms with Crippen LogP contribution in [0.1, 0.15) is 32.1 Å². The van der Waals surface area contributed by atoms with E-state index in [2.05, 4.69) is 25.0 Å². The van der Waals surface area contributed by atoms with Crippen LogP contribution in [0.5, 0.6) is 0 Å². The third kappa shape index (κ3) is 3.06. The Morgan fingerprint density at radius 2 is 2.42 bits per heavy atom. The van der Waals surface area contributed by atoms with Gasteiger partial charge in [0.05, 0.1) is 0 Å². The lowest BCUT2D eigenvalue weighted by Crippen LogP contribution is -1.98. The van der Waals surface area contributed by atoms with Crippen LogP contribution < -0.4 is 0 Å². The van der Waals surface area contributed by atoms with Crippen LogP contribution in [-0.4, -0.2) is 6.26 Å². The van der Waals surface area contributed by atoms with E-state index in [-0.39, 0.29) is 0 Å². The molecule has 1 rings (SSSR count). The number of hydrogen-bond donors (Lipinski definition) is 0. The zero-order valence-electron chi connectivity index (χ0n) is 7.88. The lowest BCUT2D eigenvalue weighted by Gasteiger charge is -2.15. The number of thioether (sulfide) groups is 1. The second kappa shape index (κ2) is 5.47. The second-order valence-corrected chi connectivity index (χ2v) is 4.27. The van der Waals surface area contributed by atoms with Crippen molar-refractivity contribution in [3.63, 3.8) is 0 Å². The van der Waals surface area contributed by atoms with Gasteiger partial charge in [-0.3, -0.25) is 0 Å². The fraction of sp³-hybridized carbons (Fsp3) is 0.636. The van der Waals surface area contributed by atoms with E-state index >= 15 is 0 Å². The van der Waals surface area contributed by atoms with Gasteiger partial charge < -0.3 is 0 Å². The molecule has 0 saturated carbocycles. The molecule has 0 aromatic heterocycles. The first-order valence-electron chi connectivity index (χ1n) is 4.72. The van der Waals surface area contributed by atoms with Gasteiger partial charge in [0.25, 0.3) is 0 Å². The molecule has 0 radical (unpaired) electrons. The fourth-order valence-electron chi connectivity index (χ4n) is 1.66. The molecule has 0 amide bonds. The van der Waals surface area contributed by atoms with Crippen molar-refractivity contribution >= 4 is 11.8 Å². The lowest BCUT2D eigenvalue weighted by atomic mass is 9.94. The van der Waals surface area contributed by atoms with Crippen molar-refractivity contribution in [1.29, 1.82) is 0 Å². The minimum absolute atomic E-state index is 0.768. The summed E-state index contributed by atoms with van der Waals surface area (Å²) in [6.45, 7) is 3.87. The Labute approximate surface area is 80.1 Å². The summed E-state index contributed by atoms with van der Waals surface area (Å²) in [4.78, 5) is 1.58. The summed E-state index contributed by atoms with van der Waals surface area (Å²) >= 11 is 1.91. The van der Waals surface area contributed by atoms with E-state index < -0.39 is 0 Å². The first kappa shape index (κ1) is 9.91. The number of hydrogen-bond acceptors (Lipinski definition) is 1. The second-order valence-electron chi connectivity index (χ2n) is 3.34. The van der Waals surface area contributed by atoms with Crippen LogP contribution in [0.3, 0.4) is 0 Å². The minimum Gasteiger partial charge on any atom is -0.134 e. The molecule has 0 N–H and O–H groups in total. The highest BCUT2D eigenvalue weighted by Crippen LogP contribution is 2.27. The van der Waals surface area contributed by atoms with Crippen LogP contribution in [0.15, 0.2) is 23.6 Å². The standard InChI is InChI=1S/C11H18S/c1-3-10-6-4-8-11(12-2)9-5-7-10/h3,8,10H,1,4-7,9H2,2H3/b11-8+. The normalized spacial score (nSPS) is 29.8. The first-order valence-corrected chi connectivity index (χ1v) is 5.95.